The van der Waals surface area contributed by atoms with Crippen molar-refractivity contribution in [1.82, 2.24) is 0 Å². The molecule has 0 spiro atoms. The van der Waals surface area contributed by atoms with Crippen LogP contribution in [-0.4, -0.2) is 10.2 Å². The number of aromatic hydroxyl groups is 2. The van der Waals surface area contributed by atoms with Gasteiger partial charge in [0, 0.05) is 20.4 Å². The van der Waals surface area contributed by atoms with Crippen LogP contribution in [0, 0.1) is 47.8 Å². The van der Waals surface area contributed by atoms with Gasteiger partial charge in [0.1, 0.15) is 47.7 Å². The first-order valence-corrected chi connectivity index (χ1v) is 21.6. The van der Waals surface area contributed by atoms with Gasteiger partial charge < -0.3 is 25.1 Å². The zero-order chi connectivity index (χ0) is 32.0. The molecule has 8 heteroatoms. The Morgan fingerprint density at radius 2 is 0.667 bits per heavy atom. The van der Waals surface area contributed by atoms with Crippen LogP contribution in [0.1, 0.15) is 11.1 Å². The van der Waals surface area contributed by atoms with Crippen LogP contribution in [0.25, 0.3) is 0 Å². The van der Waals surface area contributed by atoms with Crippen LogP contribution in [0.5, 0.6) is 11.5 Å². The van der Waals surface area contributed by atoms with Gasteiger partial charge in [-0.3, -0.25) is 0 Å². The predicted octanol–water partition coefficient (Wildman–Crippen LogP) is 6.74. The quantitative estimate of drug-likeness (QED) is 0.111. The van der Waals surface area contributed by atoms with Crippen molar-refractivity contribution < 1.29 is 65.6 Å². The molecule has 0 aromatic heterocycles. The molecule has 0 aliphatic heterocycles. The minimum absolute atomic E-state index is 0. The van der Waals surface area contributed by atoms with Crippen molar-refractivity contribution in [3.8, 4) is 11.5 Å². The fraction of sp³-hybridized carbons (Fsp3) is 0.0500. The molecule has 0 amide bonds. The number of benzene rings is 6. The molecule has 0 aliphatic rings. The first-order chi connectivity index (χ1) is 21.9. The molecule has 0 atom stereocenters. The van der Waals surface area contributed by atoms with Crippen molar-refractivity contribution in [2.75, 3.05) is 0 Å². The third kappa shape index (κ3) is 12.5. The minimum Gasteiger partial charge on any atom is 0 e. The molecule has 0 bridgehead atoms. The van der Waals surface area contributed by atoms with E-state index in [2.05, 4.69) is 142 Å². The average Bonchev–Trinajstić information content (AvgIpc) is 3.07. The van der Waals surface area contributed by atoms with E-state index >= 15 is 0 Å². The molecule has 258 valence electrons. The van der Waals surface area contributed by atoms with Gasteiger partial charge in [0.05, 0.1) is 0 Å². The summed E-state index contributed by atoms with van der Waals surface area (Å²) in [5, 5.41) is 28.0. The van der Waals surface area contributed by atoms with Crippen molar-refractivity contribution in [2.24, 2.45) is 0 Å². The van der Waals surface area contributed by atoms with Gasteiger partial charge in [-0.15, -0.1) is 0 Å². The number of hydrogen-bond donors (Lipinski definition) is 2. The van der Waals surface area contributed by atoms with Crippen LogP contribution < -0.4 is 31.8 Å². The van der Waals surface area contributed by atoms with Crippen LogP contribution in [-0.2, 0) is 36.4 Å². The van der Waals surface area contributed by atoms with Crippen LogP contribution >= 0.6 is 15.8 Å². The largest absolute Gasteiger partial charge is 0 e. The Kier molecular flexibility index (Phi) is 21.1. The van der Waals surface area contributed by atoms with Crippen LogP contribution in [0.3, 0.4) is 0 Å². The molecule has 0 saturated carbocycles. The number of aryl methyl sites for hydroxylation is 2. The number of hydrogen-bond acceptors (Lipinski definition) is 2. The zero-order valence-corrected chi connectivity index (χ0v) is 34.1. The molecule has 48 heavy (non-hydrogen) atoms. The topological polar surface area (TPSA) is 40.5 Å². The summed E-state index contributed by atoms with van der Waals surface area (Å²) in [5.74, 6) is 0.782. The standard InChI is InChI=1S/2C19H17OP.2CH3.2ClH.2Pd/c2*1-15-12-13-18(20)19(14-15)21(16-8-4-2-5-9-16)17-10-6-3-7-11-17;;;;;;/h2*2-14,20H,1H3;2*1H3;2*1H;;/q;;2*-1;;;;+2/p+2. The Bertz CT molecular complexity index is 1540. The van der Waals surface area contributed by atoms with Crippen molar-refractivity contribution in [1.29, 1.82) is 0 Å². The van der Waals surface area contributed by atoms with E-state index in [0.717, 1.165) is 10.6 Å². The third-order valence-corrected chi connectivity index (χ3v) is 12.6. The molecular formula is C40H44Cl2O2P2Pd2+2. The maximum absolute atomic E-state index is 10.4. The van der Waals surface area contributed by atoms with E-state index in [1.54, 1.807) is 12.1 Å². The molecule has 6 aromatic carbocycles. The van der Waals surface area contributed by atoms with Crippen molar-refractivity contribution in [2.45, 2.75) is 13.8 Å². The van der Waals surface area contributed by atoms with E-state index in [4.69, 9.17) is 0 Å². The Hall–Kier alpha value is -2.32. The van der Waals surface area contributed by atoms with Crippen LogP contribution in [0.2, 0.25) is 0 Å². The number of phenols is 2. The molecule has 0 radical (unpaired) electrons. The first-order valence-electron chi connectivity index (χ1n) is 14.3. The van der Waals surface area contributed by atoms with Crippen molar-refractivity contribution in [3.63, 3.8) is 0 Å². The molecule has 0 heterocycles. The number of halogens is 2. The monoisotopic (exact) mass is 900 g/mol. The third-order valence-electron chi connectivity index (χ3n) is 7.09. The summed E-state index contributed by atoms with van der Waals surface area (Å²) in [5.41, 5.74) is 2.36. The molecule has 2 nitrogen and oxygen atoms in total. The average molecular weight is 902 g/mol. The second kappa shape index (κ2) is 23.2. The van der Waals surface area contributed by atoms with Gasteiger partial charge in [0.15, 0.2) is 11.5 Å². The zero-order valence-electron chi connectivity index (χ0n) is 27.4. The Balaban J connectivity index is 0.000000420. The Morgan fingerprint density at radius 3 is 0.896 bits per heavy atom. The number of rotatable bonds is 6. The molecule has 0 aliphatic carbocycles. The SMILES string of the molecule is Cc1ccc(O)c([PH+](c2ccccc2)c2ccccc2)c1.Cc1ccc(O)c([PH+](c2ccccc2)c2ccccc2)c1.[CH3-].[CH3-].[ClH+][Pd][ClH+].[Pd]. The molecule has 2 N–H and O–H groups in total. The summed E-state index contributed by atoms with van der Waals surface area (Å²) >= 11 is 0.117. The van der Waals surface area contributed by atoms with Gasteiger partial charge in [-0.25, -0.2) is 0 Å². The summed E-state index contributed by atoms with van der Waals surface area (Å²) in [6.07, 6.45) is 0. The summed E-state index contributed by atoms with van der Waals surface area (Å²) < 4.78 is 0. The molecule has 6 aromatic rings. The minimum atomic E-state index is -1.18. The summed E-state index contributed by atoms with van der Waals surface area (Å²) in [7, 11) is 6.16. The van der Waals surface area contributed by atoms with E-state index in [9.17, 15) is 10.2 Å². The molecular weight excluding hydrogens is 858 g/mol. The maximum atomic E-state index is 10.4. The Morgan fingerprint density at radius 1 is 0.438 bits per heavy atom. The molecule has 0 unspecified atom stereocenters. The first kappa shape index (κ1) is 43.7. The molecule has 0 saturated heterocycles. The van der Waals surface area contributed by atoms with E-state index in [1.807, 2.05) is 36.4 Å². The van der Waals surface area contributed by atoms with Gasteiger partial charge in [-0.05, 0) is 97.8 Å². The van der Waals surface area contributed by atoms with E-state index in [-0.39, 0.29) is 51.2 Å². The summed E-state index contributed by atoms with van der Waals surface area (Å²) in [6, 6.07) is 53.6. The van der Waals surface area contributed by atoms with Crippen LogP contribution in [0.4, 0.5) is 0 Å². The number of phenolic OH excluding ortho intramolecular Hbond substituents is 2. The van der Waals surface area contributed by atoms with E-state index in [1.165, 1.54) is 32.3 Å². The maximum Gasteiger partial charge on any atom is 0 e. The Labute approximate surface area is 319 Å². The van der Waals surface area contributed by atoms with Gasteiger partial charge in [0.25, 0.3) is 0 Å². The van der Waals surface area contributed by atoms with Crippen LogP contribution in [0.15, 0.2) is 158 Å². The summed E-state index contributed by atoms with van der Waals surface area (Å²) in [4.78, 5) is 0. The van der Waals surface area contributed by atoms with Gasteiger partial charge >= 0.3 is 35.0 Å². The van der Waals surface area contributed by atoms with Crippen molar-refractivity contribution >= 4 is 47.7 Å². The van der Waals surface area contributed by atoms with E-state index in [0.29, 0.717) is 11.5 Å². The van der Waals surface area contributed by atoms with E-state index < -0.39 is 15.8 Å². The summed E-state index contributed by atoms with van der Waals surface area (Å²) in [6.45, 7) is 4.14. The van der Waals surface area contributed by atoms with Gasteiger partial charge in [-0.1, -0.05) is 84.9 Å². The normalized spacial score (nSPS) is 9.88. The predicted molar refractivity (Wildman–Crippen MR) is 202 cm³/mol. The second-order valence-electron chi connectivity index (χ2n) is 10.3. The van der Waals surface area contributed by atoms with Gasteiger partial charge in [0.2, 0.25) is 0 Å². The van der Waals surface area contributed by atoms with Crippen molar-refractivity contribution in [3.05, 3.63) is 184 Å². The van der Waals surface area contributed by atoms with Gasteiger partial charge in [-0.2, -0.15) is 0 Å². The molecule has 0 fully saturated rings. The fourth-order valence-electron chi connectivity index (χ4n) is 5.07. The fourth-order valence-corrected chi connectivity index (χ4v) is 10.5. The smallest absolute Gasteiger partial charge is 0 e. The second-order valence-corrected chi connectivity index (χ2v) is 17.9. The molecule has 6 rings (SSSR count).